The van der Waals surface area contributed by atoms with E-state index in [1.165, 1.54) is 0 Å². The molecule has 1 aliphatic heterocycles. The minimum Gasteiger partial charge on any atom is -0.474 e. The van der Waals surface area contributed by atoms with Gasteiger partial charge in [0.25, 0.3) is 0 Å². The third-order valence-electron chi connectivity index (χ3n) is 4.04. The largest absolute Gasteiger partial charge is 0.474 e. The van der Waals surface area contributed by atoms with Gasteiger partial charge < -0.3 is 4.74 Å². The molecule has 124 valence electrons. The third kappa shape index (κ3) is 3.65. The fourth-order valence-electron chi connectivity index (χ4n) is 2.76. The lowest BCUT2D eigenvalue weighted by Gasteiger charge is -2.30. The zero-order chi connectivity index (χ0) is 16.4. The summed E-state index contributed by atoms with van der Waals surface area (Å²) in [6.45, 7) is 3.56. The van der Waals surface area contributed by atoms with Crippen LogP contribution in [0.5, 0.6) is 5.88 Å². The highest BCUT2D eigenvalue weighted by Crippen LogP contribution is 2.31. The van der Waals surface area contributed by atoms with Crippen LogP contribution >= 0.6 is 11.6 Å². The number of piperidine rings is 1. The minimum atomic E-state index is -0.913. The molecule has 1 atom stereocenters. The van der Waals surface area contributed by atoms with Gasteiger partial charge in [-0.2, -0.15) is 4.98 Å². The molecule has 1 saturated heterocycles. The Hall–Kier alpha value is -1.24. The zero-order valence-electron chi connectivity index (χ0n) is 13.3. The van der Waals surface area contributed by atoms with Gasteiger partial charge in [-0.15, -0.1) is 0 Å². The van der Waals surface area contributed by atoms with Crippen LogP contribution in [0.15, 0.2) is 18.2 Å². The number of hydrogen-bond acceptors (Lipinski definition) is 4. The van der Waals surface area contributed by atoms with Crippen LogP contribution in [0.4, 0.5) is 0 Å². The molecule has 2 heterocycles. The molecule has 5 nitrogen and oxygen atoms in total. The van der Waals surface area contributed by atoms with E-state index in [9.17, 15) is 4.21 Å². The highest BCUT2D eigenvalue weighted by Gasteiger charge is 2.24. The topological polar surface area (TPSA) is 55.3 Å². The van der Waals surface area contributed by atoms with Gasteiger partial charge in [0.1, 0.15) is 11.9 Å². The number of benzene rings is 1. The summed E-state index contributed by atoms with van der Waals surface area (Å²) in [6.07, 6.45) is 4.18. The van der Waals surface area contributed by atoms with E-state index in [1.807, 2.05) is 29.4 Å². The standard InChI is InChI=1S/C16H20ClN3O2S/c1-3-14-18-13-6-4-5-12(17)15(13)16(19-14)22-11-7-9-20(10-8-11)23(2)21/h4-6,11H,3,7-10H2,1-2H3. The highest BCUT2D eigenvalue weighted by atomic mass is 35.5. The summed E-state index contributed by atoms with van der Waals surface area (Å²) >= 11 is 6.33. The van der Waals surface area contributed by atoms with Crippen LogP contribution in [0, 0.1) is 0 Å². The molecule has 23 heavy (non-hydrogen) atoms. The molecule has 0 amide bonds. The molecule has 0 aliphatic carbocycles. The smallest absolute Gasteiger partial charge is 0.226 e. The van der Waals surface area contributed by atoms with Gasteiger partial charge in [0.2, 0.25) is 5.88 Å². The maximum atomic E-state index is 11.5. The number of rotatable bonds is 4. The lowest BCUT2D eigenvalue weighted by molar-refractivity contribution is 0.133. The average molecular weight is 354 g/mol. The molecule has 0 spiro atoms. The molecule has 1 unspecified atom stereocenters. The van der Waals surface area contributed by atoms with E-state index in [0.29, 0.717) is 10.9 Å². The highest BCUT2D eigenvalue weighted by molar-refractivity contribution is 7.81. The van der Waals surface area contributed by atoms with Crippen molar-refractivity contribution in [3.8, 4) is 5.88 Å². The van der Waals surface area contributed by atoms with Gasteiger partial charge in [-0.1, -0.05) is 24.6 Å². The number of hydrogen-bond donors (Lipinski definition) is 0. The van der Waals surface area contributed by atoms with Crippen molar-refractivity contribution in [1.82, 2.24) is 14.3 Å². The lowest BCUT2D eigenvalue weighted by atomic mass is 10.1. The number of nitrogens with zero attached hydrogens (tertiary/aromatic N) is 3. The van der Waals surface area contributed by atoms with Crippen LogP contribution in [-0.4, -0.2) is 43.9 Å². The van der Waals surface area contributed by atoms with Crippen LogP contribution in [0.2, 0.25) is 5.02 Å². The van der Waals surface area contributed by atoms with E-state index in [-0.39, 0.29) is 6.10 Å². The second-order valence-corrected chi connectivity index (χ2v) is 7.37. The SMILES string of the molecule is CCc1nc(OC2CCN(S(C)=O)CC2)c2c(Cl)cccc2n1. The Morgan fingerprint density at radius 2 is 2.09 bits per heavy atom. The Morgan fingerprint density at radius 3 is 2.74 bits per heavy atom. The molecule has 0 saturated carbocycles. The molecule has 0 radical (unpaired) electrons. The number of halogens is 1. The molecular formula is C16H20ClN3O2S. The summed E-state index contributed by atoms with van der Waals surface area (Å²) in [4.78, 5) is 9.06. The summed E-state index contributed by atoms with van der Waals surface area (Å²) in [5.41, 5.74) is 0.812. The first-order valence-corrected chi connectivity index (χ1v) is 9.68. The summed E-state index contributed by atoms with van der Waals surface area (Å²) in [6, 6.07) is 5.64. The first-order valence-electron chi connectivity index (χ1n) is 7.78. The molecule has 0 N–H and O–H groups in total. The number of aryl methyl sites for hydroxylation is 1. The molecule has 1 aromatic carbocycles. The molecule has 3 rings (SSSR count). The predicted molar refractivity (Wildman–Crippen MR) is 93.2 cm³/mol. The number of ether oxygens (including phenoxy) is 1. The summed E-state index contributed by atoms with van der Waals surface area (Å²) in [7, 11) is -0.913. The summed E-state index contributed by atoms with van der Waals surface area (Å²) in [5, 5.41) is 1.38. The van der Waals surface area contributed by atoms with E-state index in [0.717, 1.165) is 49.1 Å². The molecule has 7 heteroatoms. The van der Waals surface area contributed by atoms with Crippen LogP contribution in [0.3, 0.4) is 0 Å². The predicted octanol–water partition coefficient (Wildman–Crippen LogP) is 2.98. The first kappa shape index (κ1) is 16.6. The van der Waals surface area contributed by atoms with Gasteiger partial charge in [-0.25, -0.2) is 13.5 Å². The maximum Gasteiger partial charge on any atom is 0.226 e. The second kappa shape index (κ2) is 7.11. The minimum absolute atomic E-state index is 0.0638. The third-order valence-corrected chi connectivity index (χ3v) is 5.45. The van der Waals surface area contributed by atoms with Gasteiger partial charge in [-0.05, 0) is 25.0 Å². The molecule has 2 aromatic rings. The van der Waals surface area contributed by atoms with Gasteiger partial charge in [0.15, 0.2) is 0 Å². The zero-order valence-corrected chi connectivity index (χ0v) is 14.9. The van der Waals surface area contributed by atoms with Crippen molar-refractivity contribution < 1.29 is 8.95 Å². The van der Waals surface area contributed by atoms with Crippen molar-refractivity contribution >= 4 is 33.5 Å². The maximum absolute atomic E-state index is 11.5. The lowest BCUT2D eigenvalue weighted by Crippen LogP contribution is -2.39. The van der Waals surface area contributed by atoms with Crippen molar-refractivity contribution in [3.63, 3.8) is 0 Å². The summed E-state index contributed by atoms with van der Waals surface area (Å²) < 4.78 is 19.6. The Balaban J connectivity index is 1.86. The van der Waals surface area contributed by atoms with Crippen molar-refractivity contribution in [3.05, 3.63) is 29.0 Å². The van der Waals surface area contributed by atoms with E-state index in [1.54, 1.807) is 6.26 Å². The fraction of sp³-hybridized carbons (Fsp3) is 0.500. The van der Waals surface area contributed by atoms with Crippen LogP contribution in [-0.2, 0) is 17.4 Å². The Bertz CT molecular complexity index is 733. The fourth-order valence-corrected chi connectivity index (χ4v) is 3.74. The van der Waals surface area contributed by atoms with E-state index in [2.05, 4.69) is 9.97 Å². The van der Waals surface area contributed by atoms with Crippen LogP contribution in [0.1, 0.15) is 25.6 Å². The molecule has 1 aromatic heterocycles. The Labute approximate surface area is 143 Å². The van der Waals surface area contributed by atoms with Crippen molar-refractivity contribution in [2.45, 2.75) is 32.3 Å². The van der Waals surface area contributed by atoms with E-state index in [4.69, 9.17) is 16.3 Å². The van der Waals surface area contributed by atoms with Crippen LogP contribution in [0.25, 0.3) is 10.9 Å². The Morgan fingerprint density at radius 1 is 1.35 bits per heavy atom. The second-order valence-electron chi connectivity index (χ2n) is 5.60. The number of aromatic nitrogens is 2. The van der Waals surface area contributed by atoms with Gasteiger partial charge in [0, 0.05) is 25.8 Å². The monoisotopic (exact) mass is 353 g/mol. The van der Waals surface area contributed by atoms with Crippen molar-refractivity contribution in [2.24, 2.45) is 0 Å². The molecular weight excluding hydrogens is 334 g/mol. The quantitative estimate of drug-likeness (QED) is 0.848. The normalized spacial score (nSPS) is 18.2. The molecule has 1 aliphatic rings. The average Bonchev–Trinajstić information content (AvgIpc) is 2.55. The van der Waals surface area contributed by atoms with Crippen LogP contribution < -0.4 is 4.74 Å². The van der Waals surface area contributed by atoms with E-state index < -0.39 is 11.0 Å². The Kier molecular flexibility index (Phi) is 5.14. The molecule has 0 bridgehead atoms. The van der Waals surface area contributed by atoms with Crippen molar-refractivity contribution in [2.75, 3.05) is 19.3 Å². The first-order chi connectivity index (χ1) is 11.1. The van der Waals surface area contributed by atoms with Gasteiger partial charge in [0.05, 0.1) is 26.9 Å². The van der Waals surface area contributed by atoms with Gasteiger partial charge in [-0.3, -0.25) is 0 Å². The van der Waals surface area contributed by atoms with Crippen molar-refractivity contribution in [1.29, 1.82) is 0 Å². The van der Waals surface area contributed by atoms with E-state index >= 15 is 0 Å². The number of fused-ring (bicyclic) bond motifs is 1. The van der Waals surface area contributed by atoms with Gasteiger partial charge >= 0.3 is 0 Å². The summed E-state index contributed by atoms with van der Waals surface area (Å²) in [5.74, 6) is 1.32. The molecule has 1 fully saturated rings.